The SMILES string of the molecule is [2H]C1(C(=O)OC)C(=Cc2ccsc2)OC2CC(=O)N21. The summed E-state index contributed by atoms with van der Waals surface area (Å²) in [5, 5.41) is 3.75. The highest BCUT2D eigenvalue weighted by Crippen LogP contribution is 2.37. The van der Waals surface area contributed by atoms with Crippen molar-refractivity contribution in [3.8, 4) is 0 Å². The van der Waals surface area contributed by atoms with Crippen LogP contribution in [0.15, 0.2) is 22.6 Å². The molecule has 3 rings (SSSR count). The van der Waals surface area contributed by atoms with Crippen LogP contribution in [-0.2, 0) is 19.1 Å². The van der Waals surface area contributed by atoms with Crippen molar-refractivity contribution in [3.05, 3.63) is 28.1 Å². The zero-order valence-electron chi connectivity index (χ0n) is 10.6. The molecule has 1 aromatic rings. The van der Waals surface area contributed by atoms with Crippen LogP contribution in [0.3, 0.4) is 0 Å². The van der Waals surface area contributed by atoms with E-state index in [1.165, 1.54) is 18.4 Å². The highest BCUT2D eigenvalue weighted by molar-refractivity contribution is 7.08. The van der Waals surface area contributed by atoms with Gasteiger partial charge in [-0.1, -0.05) is 0 Å². The average molecular weight is 266 g/mol. The molecule has 2 aliphatic rings. The number of β-lactam (4-membered cyclic amide) rings is 1. The van der Waals surface area contributed by atoms with E-state index in [9.17, 15) is 9.59 Å². The largest absolute Gasteiger partial charge is 0.471 e. The predicted octanol–water partition coefficient (Wildman–Crippen LogP) is 1.22. The van der Waals surface area contributed by atoms with Gasteiger partial charge in [-0.15, -0.1) is 0 Å². The number of carbonyl (C=O) groups excluding carboxylic acids is 2. The molecule has 0 saturated carbocycles. The Hall–Kier alpha value is -1.82. The maximum atomic E-state index is 11.9. The zero-order chi connectivity index (χ0) is 13.6. The van der Waals surface area contributed by atoms with Crippen LogP contribution >= 0.6 is 11.3 Å². The Bertz CT molecular complexity index is 570. The molecule has 2 fully saturated rings. The molecular weight excluding hydrogens is 254 g/mol. The van der Waals surface area contributed by atoms with Crippen molar-refractivity contribution in [2.75, 3.05) is 7.11 Å². The number of thiophene rings is 1. The first-order chi connectivity index (χ1) is 9.07. The van der Waals surface area contributed by atoms with Crippen LogP contribution in [-0.4, -0.2) is 36.1 Å². The zero-order valence-corrected chi connectivity index (χ0v) is 10.4. The molecule has 0 N–H and O–H groups in total. The second-order valence-corrected chi connectivity index (χ2v) is 4.73. The van der Waals surface area contributed by atoms with Gasteiger partial charge in [-0.3, -0.25) is 9.69 Å². The summed E-state index contributed by atoms with van der Waals surface area (Å²) in [5.41, 5.74) is 0.829. The van der Waals surface area contributed by atoms with Crippen LogP contribution in [0.2, 0.25) is 0 Å². The molecule has 0 radical (unpaired) electrons. The molecule has 2 aliphatic heterocycles. The molecule has 18 heavy (non-hydrogen) atoms. The second kappa shape index (κ2) is 4.13. The molecule has 5 nitrogen and oxygen atoms in total. The first kappa shape index (κ1) is 10.1. The molecular formula is C12H11NO4S. The van der Waals surface area contributed by atoms with Gasteiger partial charge in [0.05, 0.1) is 14.9 Å². The molecule has 1 aromatic heterocycles. The van der Waals surface area contributed by atoms with E-state index in [1.807, 2.05) is 16.8 Å². The fourth-order valence-corrected chi connectivity index (χ4v) is 2.60. The average Bonchev–Trinajstić information content (AvgIpc) is 2.94. The third-order valence-corrected chi connectivity index (χ3v) is 3.56. The molecule has 0 bridgehead atoms. The van der Waals surface area contributed by atoms with E-state index >= 15 is 0 Å². The van der Waals surface area contributed by atoms with Crippen molar-refractivity contribution >= 4 is 29.3 Å². The van der Waals surface area contributed by atoms with Crippen molar-refractivity contribution in [1.29, 1.82) is 0 Å². The van der Waals surface area contributed by atoms with Crippen LogP contribution in [0.25, 0.3) is 6.08 Å². The van der Waals surface area contributed by atoms with E-state index in [2.05, 4.69) is 4.74 Å². The highest BCUT2D eigenvalue weighted by atomic mass is 32.1. The van der Waals surface area contributed by atoms with E-state index in [0.717, 1.165) is 10.5 Å². The van der Waals surface area contributed by atoms with E-state index in [1.54, 1.807) is 6.08 Å². The number of amides is 1. The fourth-order valence-electron chi connectivity index (χ4n) is 1.98. The topological polar surface area (TPSA) is 55.8 Å². The molecule has 0 spiro atoms. The Balaban J connectivity index is 2.04. The molecule has 94 valence electrons. The van der Waals surface area contributed by atoms with E-state index in [0.29, 0.717) is 0 Å². The predicted molar refractivity (Wildman–Crippen MR) is 64.4 cm³/mol. The molecule has 2 unspecified atom stereocenters. The number of rotatable bonds is 2. The first-order valence-electron chi connectivity index (χ1n) is 5.89. The maximum Gasteiger partial charge on any atom is 0.336 e. The van der Waals surface area contributed by atoms with E-state index < -0.39 is 18.2 Å². The lowest BCUT2D eigenvalue weighted by atomic mass is 10.1. The van der Waals surface area contributed by atoms with E-state index in [-0.39, 0.29) is 18.1 Å². The van der Waals surface area contributed by atoms with Gasteiger partial charge in [0.15, 0.2) is 12.2 Å². The number of hydrogen-bond acceptors (Lipinski definition) is 5. The van der Waals surface area contributed by atoms with Crippen molar-refractivity contribution < 1.29 is 20.4 Å². The molecule has 0 aromatic carbocycles. The summed E-state index contributed by atoms with van der Waals surface area (Å²) in [6, 6.07) is -0.0627. The third kappa shape index (κ3) is 1.60. The Morgan fingerprint density at radius 1 is 1.78 bits per heavy atom. The van der Waals surface area contributed by atoms with Crippen LogP contribution in [0.5, 0.6) is 0 Å². The Labute approximate surface area is 109 Å². The normalized spacial score (nSPS) is 32.6. The van der Waals surface area contributed by atoms with Crippen molar-refractivity contribution in [2.24, 2.45) is 0 Å². The second-order valence-electron chi connectivity index (χ2n) is 3.95. The minimum absolute atomic E-state index is 0.133. The summed E-state index contributed by atoms with van der Waals surface area (Å²) in [4.78, 5) is 24.6. The summed E-state index contributed by atoms with van der Waals surface area (Å²) in [5.74, 6) is -0.961. The summed E-state index contributed by atoms with van der Waals surface area (Å²) in [6.45, 7) is 0. The van der Waals surface area contributed by atoms with Crippen LogP contribution in [0.4, 0.5) is 0 Å². The lowest BCUT2D eigenvalue weighted by Gasteiger charge is -2.33. The Morgan fingerprint density at radius 2 is 2.61 bits per heavy atom. The minimum Gasteiger partial charge on any atom is -0.471 e. The number of hydrogen-bond donors (Lipinski definition) is 0. The van der Waals surface area contributed by atoms with Gasteiger partial charge in [-0.05, 0) is 28.5 Å². The maximum absolute atomic E-state index is 11.9. The lowest BCUT2D eigenvalue weighted by molar-refractivity contribution is -0.164. The minimum atomic E-state index is -1.91. The van der Waals surface area contributed by atoms with Gasteiger partial charge in [-0.25, -0.2) is 4.79 Å². The number of carbonyl (C=O) groups is 2. The summed E-state index contributed by atoms with van der Waals surface area (Å²) < 4.78 is 18.5. The monoisotopic (exact) mass is 266 g/mol. The number of fused-ring (bicyclic) bond motifs is 1. The van der Waals surface area contributed by atoms with Gasteiger partial charge in [0.1, 0.15) is 5.76 Å². The number of esters is 1. The lowest BCUT2D eigenvalue weighted by Crippen LogP contribution is -2.55. The van der Waals surface area contributed by atoms with Crippen LogP contribution < -0.4 is 0 Å². The molecule has 2 atom stereocenters. The quantitative estimate of drug-likeness (QED) is 0.596. The smallest absolute Gasteiger partial charge is 0.336 e. The number of ether oxygens (including phenoxy) is 2. The van der Waals surface area contributed by atoms with Gasteiger partial charge in [0.25, 0.3) is 0 Å². The van der Waals surface area contributed by atoms with E-state index in [4.69, 9.17) is 6.11 Å². The summed E-state index contributed by atoms with van der Waals surface area (Å²) in [7, 11) is 1.19. The van der Waals surface area contributed by atoms with Gasteiger partial charge in [0.2, 0.25) is 5.91 Å². The van der Waals surface area contributed by atoms with Gasteiger partial charge < -0.3 is 9.47 Å². The van der Waals surface area contributed by atoms with Crippen LogP contribution in [0, 0.1) is 0 Å². The van der Waals surface area contributed by atoms with Crippen molar-refractivity contribution in [3.63, 3.8) is 0 Å². The fraction of sp³-hybridized carbons (Fsp3) is 0.333. The van der Waals surface area contributed by atoms with Crippen molar-refractivity contribution in [1.82, 2.24) is 4.90 Å². The van der Waals surface area contributed by atoms with Gasteiger partial charge >= 0.3 is 5.97 Å². The highest BCUT2D eigenvalue weighted by Gasteiger charge is 2.54. The van der Waals surface area contributed by atoms with Crippen molar-refractivity contribution in [2.45, 2.75) is 18.7 Å². The Morgan fingerprint density at radius 3 is 3.22 bits per heavy atom. The molecule has 2 saturated heterocycles. The molecule has 0 aliphatic carbocycles. The molecule has 3 heterocycles. The standard InChI is InChI=1S/C12H11NO4S/c1-16-12(15)11-8(4-7-2-3-18-6-7)17-10-5-9(14)13(10)11/h2-4,6,10-11H,5H2,1H3/i11D. The van der Waals surface area contributed by atoms with Crippen LogP contribution in [0.1, 0.15) is 13.4 Å². The molecule has 1 amide bonds. The first-order valence-corrected chi connectivity index (χ1v) is 6.33. The van der Waals surface area contributed by atoms with Gasteiger partial charge in [0, 0.05) is 0 Å². The third-order valence-electron chi connectivity index (χ3n) is 2.86. The summed E-state index contributed by atoms with van der Waals surface area (Å²) in [6.07, 6.45) is 1.26. The summed E-state index contributed by atoms with van der Waals surface area (Å²) >= 11 is 1.50. The molecule has 6 heteroatoms. The number of nitrogens with zero attached hydrogens (tertiary/aromatic N) is 1. The van der Waals surface area contributed by atoms with Gasteiger partial charge in [-0.2, -0.15) is 11.3 Å². The Kier molecular flexibility index (Phi) is 2.33. The number of methoxy groups -OCH3 is 1.